The lowest BCUT2D eigenvalue weighted by molar-refractivity contribution is 0.533. The second kappa shape index (κ2) is 5.27. The van der Waals surface area contributed by atoms with Crippen LogP contribution in [0, 0.1) is 0 Å². The molecule has 82 valence electrons. The molecule has 0 aliphatic rings. The second-order valence-corrected chi connectivity index (χ2v) is 4.43. The number of aromatic nitrogens is 1. The van der Waals surface area contributed by atoms with Crippen molar-refractivity contribution < 1.29 is 4.42 Å². The molecule has 0 spiro atoms. The summed E-state index contributed by atoms with van der Waals surface area (Å²) in [6.07, 6.45) is 3.27. The smallest absolute Gasteiger partial charge is 0.184 e. The van der Waals surface area contributed by atoms with E-state index >= 15 is 0 Å². The molecular formula is C10H7Br2N3O. The second-order valence-electron chi connectivity index (χ2n) is 2.86. The highest BCUT2D eigenvalue weighted by molar-refractivity contribution is 9.13. The Bertz CT molecular complexity index is 477. The monoisotopic (exact) mass is 343 g/mol. The standard InChI is InChI=1S/C10H7Br2N3O/c11-8-5-7(16-10(8)12)6-14-15-9-3-1-2-4-13-9/h1-6H,(H,13,15)/b14-6-. The number of rotatable bonds is 3. The Labute approximate surface area is 109 Å². The first-order valence-electron chi connectivity index (χ1n) is 4.40. The summed E-state index contributed by atoms with van der Waals surface area (Å²) in [4.78, 5) is 4.06. The van der Waals surface area contributed by atoms with Crippen molar-refractivity contribution in [2.24, 2.45) is 5.10 Å². The fraction of sp³-hybridized carbons (Fsp3) is 0. The summed E-state index contributed by atoms with van der Waals surface area (Å²) in [6, 6.07) is 7.36. The Morgan fingerprint density at radius 3 is 2.88 bits per heavy atom. The van der Waals surface area contributed by atoms with E-state index in [1.165, 1.54) is 0 Å². The first-order chi connectivity index (χ1) is 7.75. The molecule has 2 aromatic rings. The molecule has 4 nitrogen and oxygen atoms in total. The molecule has 0 radical (unpaired) electrons. The average molecular weight is 345 g/mol. The van der Waals surface area contributed by atoms with Crippen LogP contribution in [0.5, 0.6) is 0 Å². The van der Waals surface area contributed by atoms with E-state index in [2.05, 4.69) is 47.4 Å². The van der Waals surface area contributed by atoms with E-state index in [4.69, 9.17) is 4.42 Å². The van der Waals surface area contributed by atoms with E-state index in [0.29, 0.717) is 16.2 Å². The van der Waals surface area contributed by atoms with Crippen molar-refractivity contribution >= 4 is 43.9 Å². The Kier molecular flexibility index (Phi) is 3.74. The van der Waals surface area contributed by atoms with E-state index in [0.717, 1.165) is 4.47 Å². The summed E-state index contributed by atoms with van der Waals surface area (Å²) in [6.45, 7) is 0. The Morgan fingerprint density at radius 1 is 1.38 bits per heavy atom. The summed E-state index contributed by atoms with van der Waals surface area (Å²) in [7, 11) is 0. The zero-order chi connectivity index (χ0) is 11.4. The number of nitrogens with zero attached hydrogens (tertiary/aromatic N) is 2. The molecule has 2 rings (SSSR count). The number of hydrogen-bond donors (Lipinski definition) is 1. The lowest BCUT2D eigenvalue weighted by Gasteiger charge is -1.95. The maximum atomic E-state index is 5.31. The predicted molar refractivity (Wildman–Crippen MR) is 69.6 cm³/mol. The van der Waals surface area contributed by atoms with Gasteiger partial charge in [0, 0.05) is 12.3 Å². The van der Waals surface area contributed by atoms with Crippen LogP contribution in [-0.4, -0.2) is 11.2 Å². The number of hydrazone groups is 1. The van der Waals surface area contributed by atoms with Crippen molar-refractivity contribution in [1.29, 1.82) is 0 Å². The molecule has 0 saturated carbocycles. The molecule has 16 heavy (non-hydrogen) atoms. The third-order valence-electron chi connectivity index (χ3n) is 1.70. The highest BCUT2D eigenvalue weighted by atomic mass is 79.9. The zero-order valence-corrected chi connectivity index (χ0v) is 11.2. The normalized spacial score (nSPS) is 10.9. The summed E-state index contributed by atoms with van der Waals surface area (Å²) in [5.74, 6) is 1.32. The highest BCUT2D eigenvalue weighted by Gasteiger charge is 2.02. The van der Waals surface area contributed by atoms with E-state index < -0.39 is 0 Å². The van der Waals surface area contributed by atoms with Crippen LogP contribution >= 0.6 is 31.9 Å². The van der Waals surface area contributed by atoms with Crippen LogP contribution in [0.15, 0.2) is 49.1 Å². The van der Waals surface area contributed by atoms with Gasteiger partial charge >= 0.3 is 0 Å². The van der Waals surface area contributed by atoms with Crippen LogP contribution < -0.4 is 5.43 Å². The van der Waals surface area contributed by atoms with Crippen molar-refractivity contribution in [3.8, 4) is 0 Å². The largest absolute Gasteiger partial charge is 0.447 e. The van der Waals surface area contributed by atoms with Gasteiger partial charge in [0.2, 0.25) is 0 Å². The lowest BCUT2D eigenvalue weighted by Crippen LogP contribution is -1.91. The quantitative estimate of drug-likeness (QED) is 0.683. The molecule has 0 fully saturated rings. The molecule has 2 heterocycles. The maximum absolute atomic E-state index is 5.31. The van der Waals surface area contributed by atoms with Gasteiger partial charge in [-0.3, -0.25) is 5.43 Å². The lowest BCUT2D eigenvalue weighted by atomic mass is 10.5. The number of furan rings is 1. The number of hydrogen-bond acceptors (Lipinski definition) is 4. The van der Waals surface area contributed by atoms with Gasteiger partial charge in [-0.15, -0.1) is 0 Å². The first kappa shape index (κ1) is 11.3. The minimum Gasteiger partial charge on any atom is -0.447 e. The van der Waals surface area contributed by atoms with E-state index in [-0.39, 0.29) is 0 Å². The summed E-state index contributed by atoms with van der Waals surface area (Å²) in [5.41, 5.74) is 2.79. The van der Waals surface area contributed by atoms with Gasteiger partial charge in [0.25, 0.3) is 0 Å². The van der Waals surface area contributed by atoms with Gasteiger partial charge in [0.05, 0.1) is 10.7 Å². The van der Waals surface area contributed by atoms with Crippen molar-refractivity contribution in [2.75, 3.05) is 5.43 Å². The molecule has 0 amide bonds. The van der Waals surface area contributed by atoms with Crippen LogP contribution in [0.25, 0.3) is 0 Å². The molecule has 0 aliphatic carbocycles. The summed E-state index contributed by atoms with van der Waals surface area (Å²) in [5, 5.41) is 3.99. The maximum Gasteiger partial charge on any atom is 0.184 e. The number of halogens is 2. The summed E-state index contributed by atoms with van der Waals surface area (Å²) >= 11 is 6.56. The number of nitrogens with one attached hydrogen (secondary N) is 1. The fourth-order valence-corrected chi connectivity index (χ4v) is 1.63. The Morgan fingerprint density at radius 2 is 2.25 bits per heavy atom. The van der Waals surface area contributed by atoms with Crippen LogP contribution in [0.2, 0.25) is 0 Å². The fourth-order valence-electron chi connectivity index (χ4n) is 1.02. The number of anilines is 1. The molecule has 6 heteroatoms. The number of pyridine rings is 1. The molecule has 0 aliphatic heterocycles. The van der Waals surface area contributed by atoms with Crippen LogP contribution in [-0.2, 0) is 0 Å². The molecule has 0 atom stereocenters. The predicted octanol–water partition coefficient (Wildman–Crippen LogP) is 3.65. The van der Waals surface area contributed by atoms with Gasteiger partial charge < -0.3 is 4.42 Å². The van der Waals surface area contributed by atoms with E-state index in [1.807, 2.05) is 24.3 Å². The Hall–Kier alpha value is -1.14. The average Bonchev–Trinajstić information content (AvgIpc) is 2.60. The van der Waals surface area contributed by atoms with Crippen molar-refractivity contribution in [2.45, 2.75) is 0 Å². The van der Waals surface area contributed by atoms with E-state index in [9.17, 15) is 0 Å². The molecule has 2 aromatic heterocycles. The SMILES string of the molecule is Brc1cc(/C=N\Nc2ccccn2)oc1Br. The third-order valence-corrected chi connectivity index (χ3v) is 3.41. The van der Waals surface area contributed by atoms with Gasteiger partial charge in [0.1, 0.15) is 11.6 Å². The third kappa shape index (κ3) is 2.93. The van der Waals surface area contributed by atoms with Crippen molar-refractivity contribution in [3.63, 3.8) is 0 Å². The highest BCUT2D eigenvalue weighted by Crippen LogP contribution is 2.25. The Balaban J connectivity index is 2.00. The molecule has 0 aromatic carbocycles. The van der Waals surface area contributed by atoms with Gasteiger partial charge in [-0.05, 0) is 44.0 Å². The molecule has 0 unspecified atom stereocenters. The van der Waals surface area contributed by atoms with Crippen molar-refractivity contribution in [1.82, 2.24) is 4.98 Å². The molecule has 1 N–H and O–H groups in total. The van der Waals surface area contributed by atoms with Gasteiger partial charge in [0.15, 0.2) is 4.67 Å². The zero-order valence-electron chi connectivity index (χ0n) is 8.02. The first-order valence-corrected chi connectivity index (χ1v) is 5.99. The van der Waals surface area contributed by atoms with Crippen LogP contribution in [0.1, 0.15) is 5.76 Å². The summed E-state index contributed by atoms with van der Waals surface area (Å²) < 4.78 is 6.81. The van der Waals surface area contributed by atoms with Gasteiger partial charge in [-0.1, -0.05) is 6.07 Å². The van der Waals surface area contributed by atoms with Crippen molar-refractivity contribution in [3.05, 3.63) is 45.4 Å². The van der Waals surface area contributed by atoms with Crippen LogP contribution in [0.4, 0.5) is 5.82 Å². The molecule has 0 saturated heterocycles. The molecular weight excluding hydrogens is 338 g/mol. The van der Waals surface area contributed by atoms with Gasteiger partial charge in [-0.2, -0.15) is 5.10 Å². The minimum absolute atomic E-state index is 0.641. The minimum atomic E-state index is 0.641. The topological polar surface area (TPSA) is 50.4 Å². The van der Waals surface area contributed by atoms with E-state index in [1.54, 1.807) is 12.4 Å². The molecule has 0 bridgehead atoms. The van der Waals surface area contributed by atoms with Crippen LogP contribution in [0.3, 0.4) is 0 Å². The van der Waals surface area contributed by atoms with Gasteiger partial charge in [-0.25, -0.2) is 4.98 Å².